The van der Waals surface area contributed by atoms with Crippen LogP contribution < -0.4 is 0 Å². The van der Waals surface area contributed by atoms with Crippen LogP contribution in [0.4, 0.5) is 0 Å². The van der Waals surface area contributed by atoms with E-state index in [2.05, 4.69) is 27.7 Å². The molecule has 0 spiro atoms. The van der Waals surface area contributed by atoms with Crippen LogP contribution in [-0.2, 0) is 65.4 Å². The second kappa shape index (κ2) is 63.8. The molecule has 0 rings (SSSR count). The number of hydrogen-bond donors (Lipinski definition) is 3. The van der Waals surface area contributed by atoms with Crippen LogP contribution in [-0.4, -0.2) is 96.7 Å². The maximum Gasteiger partial charge on any atom is 0.472 e. The van der Waals surface area contributed by atoms with Gasteiger partial charge in [-0.2, -0.15) is 0 Å². The largest absolute Gasteiger partial charge is 0.472 e. The average molecular weight is 1300 g/mol. The Kier molecular flexibility index (Phi) is 62.4. The second-order valence-electron chi connectivity index (χ2n) is 24.9. The Bertz CT molecular complexity index is 1690. The standard InChI is InChI=1S/C69H134O17P2/c1-5-9-13-17-21-25-28-30-31-32-33-36-40-44-48-52-56-69(74)86-65(60-80-67(72)54-50-46-42-38-35-29-26-22-18-14-10-6-2)62-84-88(77,78)82-58-63(70)57-81-87(75,76)83-61-64(59-79-66(71)53-49-45-41-37-24-20-16-12-8-4)85-68(73)55-51-47-43-39-34-27-23-19-15-11-7-3/h63-65,70H,5-62H2,1-4H3,(H,75,76)(H,77,78)/t63-,64+,65+/m0/s1. The van der Waals surface area contributed by atoms with Gasteiger partial charge in [-0.25, -0.2) is 9.13 Å². The molecule has 0 amide bonds. The van der Waals surface area contributed by atoms with E-state index in [0.29, 0.717) is 25.7 Å². The lowest BCUT2D eigenvalue weighted by atomic mass is 10.0. The lowest BCUT2D eigenvalue weighted by molar-refractivity contribution is -0.161. The van der Waals surface area contributed by atoms with Crippen LogP contribution in [0.1, 0.15) is 362 Å². The third-order valence-electron chi connectivity index (χ3n) is 16.1. The van der Waals surface area contributed by atoms with Crippen molar-refractivity contribution in [2.45, 2.75) is 380 Å². The Morgan fingerprint density at radius 3 is 0.670 bits per heavy atom. The normalized spacial score (nSPS) is 14.0. The molecule has 0 radical (unpaired) electrons. The van der Waals surface area contributed by atoms with Crippen molar-refractivity contribution in [3.8, 4) is 0 Å². The summed E-state index contributed by atoms with van der Waals surface area (Å²) in [4.78, 5) is 72.4. The van der Waals surface area contributed by atoms with E-state index in [1.807, 2.05) is 0 Å². The highest BCUT2D eigenvalue weighted by Crippen LogP contribution is 2.45. The van der Waals surface area contributed by atoms with Crippen molar-refractivity contribution in [2.24, 2.45) is 0 Å². The molecule has 0 aliphatic carbocycles. The van der Waals surface area contributed by atoms with E-state index >= 15 is 0 Å². The van der Waals surface area contributed by atoms with Gasteiger partial charge in [0, 0.05) is 25.7 Å². The molecule has 19 heteroatoms. The van der Waals surface area contributed by atoms with E-state index < -0.39 is 97.5 Å². The predicted molar refractivity (Wildman–Crippen MR) is 354 cm³/mol. The molecule has 2 unspecified atom stereocenters. The fourth-order valence-electron chi connectivity index (χ4n) is 10.5. The van der Waals surface area contributed by atoms with Gasteiger partial charge in [-0.1, -0.05) is 310 Å². The summed E-state index contributed by atoms with van der Waals surface area (Å²) in [6.07, 6.45) is 51.2. The highest BCUT2D eigenvalue weighted by molar-refractivity contribution is 7.47. The Morgan fingerprint density at radius 2 is 0.455 bits per heavy atom. The van der Waals surface area contributed by atoms with Crippen molar-refractivity contribution in [3.63, 3.8) is 0 Å². The van der Waals surface area contributed by atoms with Gasteiger partial charge in [-0.15, -0.1) is 0 Å². The van der Waals surface area contributed by atoms with Gasteiger partial charge in [0.05, 0.1) is 26.4 Å². The summed E-state index contributed by atoms with van der Waals surface area (Å²) < 4.78 is 68.2. The number of hydrogen-bond acceptors (Lipinski definition) is 15. The first-order valence-corrected chi connectivity index (χ1v) is 39.3. The smallest absolute Gasteiger partial charge is 0.462 e. The number of carbonyl (C=O) groups is 4. The minimum Gasteiger partial charge on any atom is -0.462 e. The van der Waals surface area contributed by atoms with Gasteiger partial charge in [0.2, 0.25) is 0 Å². The number of rotatable bonds is 70. The molecule has 522 valence electrons. The molecular weight excluding hydrogens is 1160 g/mol. The highest BCUT2D eigenvalue weighted by atomic mass is 31.2. The molecule has 88 heavy (non-hydrogen) atoms. The van der Waals surface area contributed by atoms with E-state index in [1.54, 1.807) is 0 Å². The molecule has 17 nitrogen and oxygen atoms in total. The van der Waals surface area contributed by atoms with Gasteiger partial charge in [0.25, 0.3) is 0 Å². The minimum absolute atomic E-state index is 0.107. The zero-order valence-electron chi connectivity index (χ0n) is 56.7. The lowest BCUT2D eigenvalue weighted by Crippen LogP contribution is -2.30. The Balaban J connectivity index is 5.22. The van der Waals surface area contributed by atoms with Gasteiger partial charge in [0.15, 0.2) is 12.2 Å². The predicted octanol–water partition coefficient (Wildman–Crippen LogP) is 19.9. The maximum atomic E-state index is 13.0. The van der Waals surface area contributed by atoms with Gasteiger partial charge in [0.1, 0.15) is 19.3 Å². The molecule has 0 aliphatic rings. The lowest BCUT2D eigenvalue weighted by Gasteiger charge is -2.21. The zero-order chi connectivity index (χ0) is 64.7. The number of esters is 4. The van der Waals surface area contributed by atoms with Crippen molar-refractivity contribution < 1.29 is 80.2 Å². The summed E-state index contributed by atoms with van der Waals surface area (Å²) in [5, 5.41) is 10.6. The minimum atomic E-state index is -4.95. The van der Waals surface area contributed by atoms with Crippen molar-refractivity contribution in [3.05, 3.63) is 0 Å². The van der Waals surface area contributed by atoms with E-state index in [-0.39, 0.29) is 25.7 Å². The summed E-state index contributed by atoms with van der Waals surface area (Å²) in [5.74, 6) is -2.12. The topological polar surface area (TPSA) is 237 Å². The van der Waals surface area contributed by atoms with Crippen LogP contribution in [0, 0.1) is 0 Å². The first kappa shape index (κ1) is 86.1. The van der Waals surface area contributed by atoms with Gasteiger partial charge >= 0.3 is 39.5 Å². The number of phosphoric acid groups is 2. The Hall–Kier alpha value is -1.94. The first-order chi connectivity index (χ1) is 42.7. The molecule has 0 heterocycles. The van der Waals surface area contributed by atoms with Gasteiger partial charge in [-0.05, 0) is 25.7 Å². The molecule has 3 N–H and O–H groups in total. The SMILES string of the molecule is CCCCCCCCCCCCCCCCCCC(=O)O[C@H](COC(=O)CCCCCCCCCCCCCC)COP(=O)(O)OC[C@@H](O)COP(=O)(O)OC[C@@H](COC(=O)CCCCCCCCCCC)OC(=O)CCCCCCCCCCCCC. The molecule has 0 saturated heterocycles. The maximum absolute atomic E-state index is 13.0. The van der Waals surface area contributed by atoms with E-state index in [1.165, 1.54) is 193 Å². The third kappa shape index (κ3) is 62.8. The molecule has 0 aromatic carbocycles. The number of ether oxygens (including phenoxy) is 4. The third-order valence-corrected chi connectivity index (χ3v) is 18.0. The van der Waals surface area contributed by atoms with Crippen molar-refractivity contribution in [1.29, 1.82) is 0 Å². The van der Waals surface area contributed by atoms with Crippen LogP contribution in [0.15, 0.2) is 0 Å². The number of phosphoric ester groups is 2. The molecule has 0 saturated carbocycles. The molecule has 0 fully saturated rings. The Morgan fingerprint density at radius 1 is 0.273 bits per heavy atom. The van der Waals surface area contributed by atoms with Crippen molar-refractivity contribution in [1.82, 2.24) is 0 Å². The second-order valence-corrected chi connectivity index (χ2v) is 27.8. The van der Waals surface area contributed by atoms with Crippen LogP contribution in [0.25, 0.3) is 0 Å². The number of unbranched alkanes of at least 4 members (excludes halogenated alkanes) is 44. The average Bonchev–Trinajstić information content (AvgIpc) is 3.59. The van der Waals surface area contributed by atoms with Crippen molar-refractivity contribution in [2.75, 3.05) is 39.6 Å². The fourth-order valence-corrected chi connectivity index (χ4v) is 12.1. The van der Waals surface area contributed by atoms with Crippen LogP contribution in [0.5, 0.6) is 0 Å². The highest BCUT2D eigenvalue weighted by Gasteiger charge is 2.30. The summed E-state index contributed by atoms with van der Waals surface area (Å²) >= 11 is 0. The van der Waals surface area contributed by atoms with Crippen LogP contribution >= 0.6 is 15.6 Å². The Labute approximate surface area is 537 Å². The molecule has 5 atom stereocenters. The molecule has 0 aromatic heterocycles. The van der Waals surface area contributed by atoms with E-state index in [4.69, 9.17) is 37.0 Å². The number of aliphatic hydroxyl groups excluding tert-OH is 1. The molecule has 0 aromatic rings. The van der Waals surface area contributed by atoms with Crippen LogP contribution in [0.3, 0.4) is 0 Å². The first-order valence-electron chi connectivity index (χ1n) is 36.3. The summed E-state index contributed by atoms with van der Waals surface area (Å²) in [6.45, 7) is 4.92. The summed E-state index contributed by atoms with van der Waals surface area (Å²) in [5.41, 5.74) is 0. The molecule has 0 aliphatic heterocycles. The molecular formula is C69H134O17P2. The number of aliphatic hydroxyl groups is 1. The summed E-state index contributed by atoms with van der Waals surface area (Å²) in [7, 11) is -9.89. The van der Waals surface area contributed by atoms with E-state index in [9.17, 15) is 43.2 Å². The van der Waals surface area contributed by atoms with Gasteiger partial charge in [-0.3, -0.25) is 37.3 Å². The summed E-state index contributed by atoms with van der Waals surface area (Å²) in [6, 6.07) is 0. The van der Waals surface area contributed by atoms with Crippen LogP contribution in [0.2, 0.25) is 0 Å². The monoisotopic (exact) mass is 1300 g/mol. The van der Waals surface area contributed by atoms with Crippen molar-refractivity contribution >= 4 is 39.5 Å². The number of carbonyl (C=O) groups excluding carboxylic acids is 4. The quantitative estimate of drug-likeness (QED) is 0.0222. The van der Waals surface area contributed by atoms with Gasteiger partial charge < -0.3 is 33.8 Å². The molecule has 0 bridgehead atoms. The van der Waals surface area contributed by atoms with E-state index in [0.717, 1.165) is 89.9 Å². The fraction of sp³-hybridized carbons (Fsp3) is 0.942. The zero-order valence-corrected chi connectivity index (χ0v) is 58.5.